The molecule has 8 heteroatoms. The van der Waals surface area contributed by atoms with Crippen LogP contribution in [0.4, 0.5) is 5.69 Å². The van der Waals surface area contributed by atoms with Gasteiger partial charge in [0.15, 0.2) is 0 Å². The van der Waals surface area contributed by atoms with Crippen LogP contribution in [0.15, 0.2) is 40.9 Å². The summed E-state index contributed by atoms with van der Waals surface area (Å²) in [5.41, 5.74) is 4.41. The van der Waals surface area contributed by atoms with Crippen LogP contribution in [0.25, 0.3) is 27.7 Å². The Kier molecular flexibility index (Phi) is 5.35. The lowest BCUT2D eigenvalue weighted by molar-refractivity contribution is -0.148. The van der Waals surface area contributed by atoms with E-state index in [-0.39, 0.29) is 18.1 Å². The topological polar surface area (TPSA) is 93.1 Å². The molecule has 1 aliphatic carbocycles. The van der Waals surface area contributed by atoms with E-state index in [1.54, 1.807) is 12.1 Å². The number of hydrogen-bond acceptors (Lipinski definition) is 6. The van der Waals surface area contributed by atoms with E-state index in [9.17, 15) is 9.90 Å². The summed E-state index contributed by atoms with van der Waals surface area (Å²) < 4.78 is 11.2. The van der Waals surface area contributed by atoms with Crippen molar-refractivity contribution < 1.29 is 19.2 Å². The van der Waals surface area contributed by atoms with Gasteiger partial charge in [0.1, 0.15) is 5.75 Å². The number of aromatic nitrogens is 2. The summed E-state index contributed by atoms with van der Waals surface area (Å²) in [6.07, 6.45) is 1.81. The highest BCUT2D eigenvalue weighted by Crippen LogP contribution is 2.43. The van der Waals surface area contributed by atoms with Gasteiger partial charge >= 0.3 is 5.97 Å². The number of fused-ring (bicyclic) bond motifs is 1. The molecule has 33 heavy (non-hydrogen) atoms. The van der Waals surface area contributed by atoms with Crippen LogP contribution in [0.2, 0.25) is 0 Å². The molecule has 2 aliphatic rings. The molecule has 1 aromatic heterocycles. The van der Waals surface area contributed by atoms with E-state index >= 15 is 0 Å². The average molecular weight is 444 g/mol. The lowest BCUT2D eigenvalue weighted by Crippen LogP contribution is -2.51. The highest BCUT2D eigenvalue weighted by atomic mass is 16.5. The molecule has 3 aromatic rings. The minimum atomic E-state index is -0.720. The van der Waals surface area contributed by atoms with Gasteiger partial charge in [-0.15, -0.1) is 0 Å². The number of nitrogens with zero attached hydrogens (tertiary/aromatic N) is 4. The number of hydrogen-bond donors (Lipinski definition) is 1. The normalized spacial score (nSPS) is 18.1. The van der Waals surface area contributed by atoms with Crippen LogP contribution in [0, 0.1) is 12.5 Å². The van der Waals surface area contributed by atoms with Crippen molar-refractivity contribution >= 4 is 11.7 Å². The van der Waals surface area contributed by atoms with Crippen molar-refractivity contribution in [3.63, 3.8) is 0 Å². The van der Waals surface area contributed by atoms with Crippen LogP contribution in [0.3, 0.4) is 0 Å². The first kappa shape index (κ1) is 21.2. The Morgan fingerprint density at radius 2 is 2.12 bits per heavy atom. The maximum Gasteiger partial charge on any atom is 0.309 e. The van der Waals surface area contributed by atoms with Crippen molar-refractivity contribution in [1.82, 2.24) is 15.0 Å². The van der Waals surface area contributed by atoms with E-state index in [2.05, 4.69) is 26.0 Å². The first-order valence-corrected chi connectivity index (χ1v) is 11.1. The van der Waals surface area contributed by atoms with Gasteiger partial charge in [-0.1, -0.05) is 23.4 Å². The summed E-state index contributed by atoms with van der Waals surface area (Å²) in [5, 5.41) is 13.4. The summed E-state index contributed by atoms with van der Waals surface area (Å²) in [6.45, 7) is 12.5. The van der Waals surface area contributed by atoms with Crippen molar-refractivity contribution in [3.05, 3.63) is 58.9 Å². The van der Waals surface area contributed by atoms with Crippen LogP contribution in [0.1, 0.15) is 37.4 Å². The van der Waals surface area contributed by atoms with E-state index in [4.69, 9.17) is 15.8 Å². The third-order valence-corrected chi connectivity index (χ3v) is 6.29. The molecule has 1 fully saturated rings. The first-order valence-electron chi connectivity index (χ1n) is 11.1. The van der Waals surface area contributed by atoms with Crippen LogP contribution in [-0.2, 0) is 11.2 Å². The molecule has 0 bridgehead atoms. The number of carboxylic acid groups (broad SMARTS) is 1. The second kappa shape index (κ2) is 8.34. The zero-order valence-corrected chi connectivity index (χ0v) is 18.5. The number of benzene rings is 2. The summed E-state index contributed by atoms with van der Waals surface area (Å²) in [5.74, 6) is 0.413. The van der Waals surface area contributed by atoms with Gasteiger partial charge in [0, 0.05) is 30.3 Å². The van der Waals surface area contributed by atoms with Gasteiger partial charge in [-0.05, 0) is 56.0 Å². The molecule has 168 valence electrons. The SMILES string of the molecule is [C-]#[N+]c1cc(-c2nc(-c3cccc4c3CC[C@H]4N3CC(C(=O)O)C3)no2)ccc1OC(C)C. The summed E-state index contributed by atoms with van der Waals surface area (Å²) in [7, 11) is 0. The predicted octanol–water partition coefficient (Wildman–Crippen LogP) is 4.75. The number of ether oxygens (including phenoxy) is 1. The molecule has 1 saturated heterocycles. The van der Waals surface area contributed by atoms with E-state index < -0.39 is 5.97 Å². The smallest absolute Gasteiger partial charge is 0.309 e. The number of aliphatic carboxylic acids is 1. The van der Waals surface area contributed by atoms with Gasteiger partial charge < -0.3 is 14.4 Å². The Labute approximate surface area is 191 Å². The third kappa shape index (κ3) is 3.85. The van der Waals surface area contributed by atoms with E-state index in [1.165, 1.54) is 11.1 Å². The van der Waals surface area contributed by atoms with E-state index in [0.717, 1.165) is 18.4 Å². The van der Waals surface area contributed by atoms with Gasteiger partial charge in [0.05, 0.1) is 18.6 Å². The molecule has 2 heterocycles. The molecule has 0 saturated carbocycles. The van der Waals surface area contributed by atoms with Gasteiger partial charge in [-0.2, -0.15) is 4.98 Å². The fraction of sp³-hybridized carbons (Fsp3) is 0.360. The lowest BCUT2D eigenvalue weighted by atomic mass is 9.94. The molecule has 0 unspecified atom stereocenters. The van der Waals surface area contributed by atoms with E-state index in [1.807, 2.05) is 32.0 Å². The Morgan fingerprint density at radius 1 is 1.30 bits per heavy atom. The zero-order valence-electron chi connectivity index (χ0n) is 18.5. The standard InChI is InChI=1S/C25H24N4O4/c1-14(2)32-22-10-7-15(11-20(22)26-3)24-27-23(28-33-24)19-6-4-5-18-17(19)8-9-21(18)29-12-16(13-29)25(30)31/h4-7,10-11,14,16,21H,8-9,12-13H2,1-2H3,(H,30,31)/t21-/m1/s1. The van der Waals surface area contributed by atoms with Crippen molar-refractivity contribution in [3.8, 4) is 28.6 Å². The number of carboxylic acids is 1. The average Bonchev–Trinajstić information content (AvgIpc) is 3.40. The largest absolute Gasteiger partial charge is 0.502 e. The fourth-order valence-electron chi connectivity index (χ4n) is 4.69. The van der Waals surface area contributed by atoms with Crippen molar-refractivity contribution in [1.29, 1.82) is 0 Å². The van der Waals surface area contributed by atoms with Crippen molar-refractivity contribution in [2.24, 2.45) is 5.92 Å². The van der Waals surface area contributed by atoms with Gasteiger partial charge in [-0.3, -0.25) is 9.69 Å². The first-order chi connectivity index (χ1) is 15.9. The van der Waals surface area contributed by atoms with Crippen LogP contribution >= 0.6 is 0 Å². The molecule has 1 atom stereocenters. The summed E-state index contributed by atoms with van der Waals surface area (Å²) in [6, 6.07) is 11.6. The highest BCUT2D eigenvalue weighted by molar-refractivity contribution is 5.72. The molecular formula is C25H24N4O4. The molecule has 1 aliphatic heterocycles. The molecule has 2 aromatic carbocycles. The van der Waals surface area contributed by atoms with E-state index in [0.29, 0.717) is 41.8 Å². The second-order valence-electron chi connectivity index (χ2n) is 8.80. The lowest BCUT2D eigenvalue weighted by Gasteiger charge is -2.41. The third-order valence-electron chi connectivity index (χ3n) is 6.29. The van der Waals surface area contributed by atoms with Gasteiger partial charge in [0.2, 0.25) is 11.5 Å². The maximum atomic E-state index is 11.2. The number of carbonyl (C=O) groups is 1. The second-order valence-corrected chi connectivity index (χ2v) is 8.80. The quantitative estimate of drug-likeness (QED) is 0.549. The van der Waals surface area contributed by atoms with Crippen LogP contribution < -0.4 is 4.74 Å². The molecule has 0 radical (unpaired) electrons. The summed E-state index contributed by atoms with van der Waals surface area (Å²) >= 11 is 0. The number of rotatable bonds is 6. The van der Waals surface area contributed by atoms with Crippen molar-refractivity contribution in [2.45, 2.75) is 38.8 Å². The molecule has 5 rings (SSSR count). The fourth-order valence-corrected chi connectivity index (χ4v) is 4.69. The zero-order chi connectivity index (χ0) is 23.1. The van der Waals surface area contributed by atoms with Gasteiger partial charge in [0.25, 0.3) is 5.89 Å². The monoisotopic (exact) mass is 444 g/mol. The highest BCUT2D eigenvalue weighted by Gasteiger charge is 2.40. The molecular weight excluding hydrogens is 420 g/mol. The minimum absolute atomic E-state index is 0.0263. The molecule has 1 N–H and O–H groups in total. The van der Waals surface area contributed by atoms with Crippen LogP contribution in [0.5, 0.6) is 5.75 Å². The molecule has 0 amide bonds. The number of likely N-dealkylation sites (tertiary alicyclic amines) is 1. The Morgan fingerprint density at radius 3 is 2.85 bits per heavy atom. The van der Waals surface area contributed by atoms with Crippen LogP contribution in [-0.4, -0.2) is 45.3 Å². The summed E-state index contributed by atoms with van der Waals surface area (Å²) in [4.78, 5) is 21.6. The van der Waals surface area contributed by atoms with Gasteiger partial charge in [-0.25, -0.2) is 4.85 Å². The minimum Gasteiger partial charge on any atom is -0.502 e. The maximum absolute atomic E-state index is 11.2. The Bertz CT molecular complexity index is 1250. The Hall–Kier alpha value is -3.70. The Balaban J connectivity index is 1.41. The molecule has 8 nitrogen and oxygen atoms in total. The molecule has 0 spiro atoms. The van der Waals surface area contributed by atoms with Crippen molar-refractivity contribution in [2.75, 3.05) is 13.1 Å². The predicted molar refractivity (Wildman–Crippen MR) is 121 cm³/mol.